The van der Waals surface area contributed by atoms with Gasteiger partial charge in [0.25, 0.3) is 5.91 Å². The van der Waals surface area contributed by atoms with Crippen LogP contribution in [-0.2, 0) is 9.59 Å². The van der Waals surface area contributed by atoms with E-state index in [0.29, 0.717) is 0 Å². The van der Waals surface area contributed by atoms with Crippen LogP contribution in [0.1, 0.15) is 25.7 Å². The van der Waals surface area contributed by atoms with E-state index in [2.05, 4.69) is 4.90 Å². The fourth-order valence-corrected chi connectivity index (χ4v) is 6.03. The first-order valence-corrected chi connectivity index (χ1v) is 10.6. The van der Waals surface area contributed by atoms with E-state index in [1.54, 1.807) is 11.9 Å². The summed E-state index contributed by atoms with van der Waals surface area (Å²) >= 11 is 0. The minimum atomic E-state index is -0.737. The molecular formula is C23H23N5O2. The number of rotatable bonds is 2. The molecule has 7 nitrogen and oxygen atoms in total. The molecule has 7 heteroatoms. The number of imide groups is 1. The van der Waals surface area contributed by atoms with E-state index in [9.17, 15) is 9.59 Å². The van der Waals surface area contributed by atoms with Crippen LogP contribution in [0, 0.1) is 5.92 Å². The van der Waals surface area contributed by atoms with E-state index in [1.165, 1.54) is 4.90 Å². The predicted molar refractivity (Wildman–Crippen MR) is 110 cm³/mol. The van der Waals surface area contributed by atoms with Crippen LogP contribution < -0.4 is 4.90 Å². The Morgan fingerprint density at radius 3 is 2.37 bits per heavy atom. The number of amides is 2. The highest BCUT2D eigenvalue weighted by Crippen LogP contribution is 2.64. The van der Waals surface area contributed by atoms with Gasteiger partial charge in [0.05, 0.1) is 11.5 Å². The Balaban J connectivity index is 1.60. The van der Waals surface area contributed by atoms with Crippen molar-refractivity contribution in [1.82, 2.24) is 4.90 Å². The van der Waals surface area contributed by atoms with Crippen molar-refractivity contribution in [2.24, 2.45) is 11.0 Å². The molecule has 1 saturated carbocycles. The molecule has 4 aliphatic rings. The number of azo groups is 1. The fourth-order valence-electron chi connectivity index (χ4n) is 6.03. The molecule has 0 spiro atoms. The Morgan fingerprint density at radius 1 is 0.967 bits per heavy atom. The standard InChI is InChI=1S/C23H23N5O2/c1-26-20(29)18-19(21(26)30)27(16-10-4-2-5-11-16)23-15-9-8-14-22(18,23)24-28(25-23)17-12-6-3-7-13-17/h2-7,10-13,18-19H,8-9,14-15H2,1H3/t18-,19+,22+,23-/m1/s1. The molecule has 2 aromatic rings. The number of anilines is 1. The molecule has 2 saturated heterocycles. The maximum absolute atomic E-state index is 13.4. The van der Waals surface area contributed by atoms with Crippen LogP contribution in [-0.4, -0.2) is 45.8 Å². The molecule has 3 heterocycles. The molecule has 2 aromatic carbocycles. The molecule has 0 bridgehead atoms. The Labute approximate surface area is 174 Å². The first-order chi connectivity index (χ1) is 14.6. The second kappa shape index (κ2) is 5.90. The highest BCUT2D eigenvalue weighted by atomic mass is 16.2. The van der Waals surface area contributed by atoms with Crippen molar-refractivity contribution in [3.63, 3.8) is 0 Å². The van der Waals surface area contributed by atoms with Crippen LogP contribution in [0.15, 0.2) is 65.8 Å². The van der Waals surface area contributed by atoms with Crippen LogP contribution in [0.3, 0.4) is 0 Å². The summed E-state index contributed by atoms with van der Waals surface area (Å²) in [7, 11) is 1.59. The third kappa shape index (κ3) is 1.95. The molecule has 1 aliphatic carbocycles. The summed E-state index contributed by atoms with van der Waals surface area (Å²) in [5, 5.41) is 5.13. The number of carbonyl (C=O) groups is 2. The number of hydrogen-bond acceptors (Lipinski definition) is 4. The van der Waals surface area contributed by atoms with Crippen LogP contribution in [0.4, 0.5) is 11.4 Å². The number of nitrogens with zero attached hydrogens (tertiary/aromatic N) is 5. The lowest BCUT2D eigenvalue weighted by Crippen LogP contribution is -2.60. The minimum absolute atomic E-state index is 0.136. The summed E-state index contributed by atoms with van der Waals surface area (Å²) in [6.07, 6.45) is 3.48. The summed E-state index contributed by atoms with van der Waals surface area (Å²) in [6.45, 7) is 0. The molecule has 0 radical (unpaired) electrons. The van der Waals surface area contributed by atoms with Gasteiger partial charge in [-0.15, -0.1) is 4.81 Å². The van der Waals surface area contributed by atoms with Gasteiger partial charge in [0.15, 0.2) is 0 Å². The van der Waals surface area contributed by atoms with Gasteiger partial charge in [0.2, 0.25) is 11.6 Å². The van der Waals surface area contributed by atoms with Crippen molar-refractivity contribution in [2.45, 2.75) is 42.9 Å². The van der Waals surface area contributed by atoms with Crippen LogP contribution >= 0.6 is 0 Å². The van der Waals surface area contributed by atoms with Gasteiger partial charge < -0.3 is 4.90 Å². The number of likely N-dealkylation sites (N-methyl/N-ethyl adjacent to an activating group) is 1. The number of hydrogen-bond donors (Lipinski definition) is 0. The van der Waals surface area contributed by atoms with E-state index in [0.717, 1.165) is 37.1 Å². The molecular weight excluding hydrogens is 378 g/mol. The van der Waals surface area contributed by atoms with E-state index in [4.69, 9.17) is 10.5 Å². The van der Waals surface area contributed by atoms with Crippen LogP contribution in [0.25, 0.3) is 5.43 Å². The SMILES string of the molecule is CN1C(=O)[C@@H]2[C@H](C1=O)[C@@]13CCCC[C@@]1([N-][N+](c1ccccc1)=N3)N2c1ccccc1. The van der Waals surface area contributed by atoms with Crippen molar-refractivity contribution in [1.29, 1.82) is 0 Å². The van der Waals surface area contributed by atoms with E-state index < -0.39 is 23.2 Å². The topological polar surface area (TPSA) is 70.1 Å². The van der Waals surface area contributed by atoms with Gasteiger partial charge in [0, 0.05) is 24.9 Å². The Bertz CT molecular complexity index is 1070. The average molecular weight is 401 g/mol. The van der Waals surface area contributed by atoms with Crippen molar-refractivity contribution in [3.05, 3.63) is 66.1 Å². The first-order valence-electron chi connectivity index (χ1n) is 10.6. The van der Waals surface area contributed by atoms with Gasteiger partial charge in [-0.2, -0.15) is 5.43 Å². The summed E-state index contributed by atoms with van der Waals surface area (Å²) in [4.78, 5) is 31.8. The fraction of sp³-hybridized carbons (Fsp3) is 0.391. The average Bonchev–Trinajstić information content (AvgIpc) is 3.34. The van der Waals surface area contributed by atoms with Crippen molar-refractivity contribution in [2.75, 3.05) is 11.9 Å². The summed E-state index contributed by atoms with van der Waals surface area (Å²) in [6, 6.07) is 19.2. The predicted octanol–water partition coefficient (Wildman–Crippen LogP) is 3.60. The monoisotopic (exact) mass is 401 g/mol. The number of para-hydroxylation sites is 2. The molecule has 30 heavy (non-hydrogen) atoms. The molecule has 0 unspecified atom stereocenters. The summed E-state index contributed by atoms with van der Waals surface area (Å²) in [5.74, 6) is -0.808. The molecule has 3 aliphatic heterocycles. The Morgan fingerprint density at radius 2 is 1.63 bits per heavy atom. The number of benzene rings is 2. The Hall–Kier alpha value is -3.22. The zero-order valence-electron chi connectivity index (χ0n) is 16.8. The highest BCUT2D eigenvalue weighted by Gasteiger charge is 2.76. The second-order valence-electron chi connectivity index (χ2n) is 8.64. The third-order valence-corrected chi connectivity index (χ3v) is 7.27. The second-order valence-corrected chi connectivity index (χ2v) is 8.64. The zero-order valence-corrected chi connectivity index (χ0v) is 16.8. The van der Waals surface area contributed by atoms with Crippen LogP contribution in [0.5, 0.6) is 0 Å². The first kappa shape index (κ1) is 17.6. The molecule has 0 N–H and O–H groups in total. The number of likely N-dealkylation sites (tertiary alicyclic amines) is 1. The van der Waals surface area contributed by atoms with Gasteiger partial charge in [-0.05, 0) is 25.0 Å². The van der Waals surface area contributed by atoms with Gasteiger partial charge in [-0.3, -0.25) is 14.5 Å². The lowest BCUT2D eigenvalue weighted by atomic mass is 9.68. The van der Waals surface area contributed by atoms with Gasteiger partial charge >= 0.3 is 0 Å². The number of fused-ring (bicyclic) bond motifs is 1. The zero-order chi connectivity index (χ0) is 20.5. The highest BCUT2D eigenvalue weighted by molar-refractivity contribution is 6.10. The van der Waals surface area contributed by atoms with Crippen molar-refractivity contribution < 1.29 is 14.4 Å². The van der Waals surface area contributed by atoms with E-state index in [-0.39, 0.29) is 11.8 Å². The molecule has 2 amide bonds. The molecule has 0 aromatic heterocycles. The Kier molecular flexibility index (Phi) is 3.47. The van der Waals surface area contributed by atoms with Crippen LogP contribution in [0.2, 0.25) is 0 Å². The maximum atomic E-state index is 13.4. The normalized spacial score (nSPS) is 34.4. The van der Waals surface area contributed by atoms with Gasteiger partial charge in [-0.1, -0.05) is 49.2 Å². The van der Waals surface area contributed by atoms with E-state index in [1.807, 2.05) is 60.7 Å². The maximum Gasteiger partial charge on any atom is 0.252 e. The quantitative estimate of drug-likeness (QED) is 0.570. The summed E-state index contributed by atoms with van der Waals surface area (Å²) < 4.78 is 0. The van der Waals surface area contributed by atoms with Gasteiger partial charge in [0.1, 0.15) is 11.7 Å². The molecule has 3 fully saturated rings. The van der Waals surface area contributed by atoms with E-state index >= 15 is 0 Å². The van der Waals surface area contributed by atoms with Gasteiger partial charge in [-0.25, -0.2) is 5.11 Å². The summed E-state index contributed by atoms with van der Waals surface area (Å²) in [5.41, 5.74) is 5.49. The third-order valence-electron chi connectivity index (χ3n) is 7.27. The molecule has 6 rings (SSSR count). The molecule has 4 atom stereocenters. The smallest absolute Gasteiger partial charge is 0.252 e. The largest absolute Gasteiger partial charge is 0.347 e. The number of carbonyl (C=O) groups excluding carboxylic acids is 2. The van der Waals surface area contributed by atoms with Crippen molar-refractivity contribution in [3.8, 4) is 0 Å². The lowest BCUT2D eigenvalue weighted by molar-refractivity contribution is -0.457. The minimum Gasteiger partial charge on any atom is -0.347 e. The van der Waals surface area contributed by atoms with Crippen molar-refractivity contribution >= 4 is 23.2 Å². The lowest BCUT2D eigenvalue weighted by Gasteiger charge is -2.50. The molecule has 152 valence electrons.